The molecule has 28 heavy (non-hydrogen) atoms. The van der Waals surface area contributed by atoms with Gasteiger partial charge in [-0.3, -0.25) is 14.5 Å². The van der Waals surface area contributed by atoms with Crippen LogP contribution < -0.4 is 5.32 Å². The Labute approximate surface area is 169 Å². The Morgan fingerprint density at radius 2 is 1.89 bits per heavy atom. The Hall–Kier alpha value is -1.93. The molecule has 1 aliphatic carbocycles. The molecule has 0 unspecified atom stereocenters. The summed E-state index contributed by atoms with van der Waals surface area (Å²) in [6.45, 7) is 3.82. The van der Waals surface area contributed by atoms with E-state index in [1.165, 1.54) is 23.3 Å². The van der Waals surface area contributed by atoms with Crippen LogP contribution in [0.3, 0.4) is 0 Å². The summed E-state index contributed by atoms with van der Waals surface area (Å²) >= 11 is 1.49. The highest BCUT2D eigenvalue weighted by Gasteiger charge is 2.29. The van der Waals surface area contributed by atoms with Gasteiger partial charge < -0.3 is 14.8 Å². The predicted octanol–water partition coefficient (Wildman–Crippen LogP) is 2.63. The maximum absolute atomic E-state index is 12.6. The van der Waals surface area contributed by atoms with Crippen molar-refractivity contribution in [1.82, 2.24) is 4.90 Å². The number of hydrogen-bond donors (Lipinski definition) is 1. The van der Waals surface area contributed by atoms with Crippen molar-refractivity contribution in [1.29, 1.82) is 0 Å². The zero-order chi connectivity index (χ0) is 20.1. The van der Waals surface area contributed by atoms with Gasteiger partial charge in [0.25, 0.3) is 0 Å². The molecule has 154 valence electrons. The molecule has 0 bridgehead atoms. The Bertz CT molecular complexity index is 737. The van der Waals surface area contributed by atoms with Crippen LogP contribution in [0.15, 0.2) is 0 Å². The van der Waals surface area contributed by atoms with Crippen molar-refractivity contribution >= 4 is 34.2 Å². The normalized spacial score (nSPS) is 17.6. The van der Waals surface area contributed by atoms with Crippen molar-refractivity contribution in [3.63, 3.8) is 0 Å². The molecule has 1 saturated heterocycles. The standard InChI is InChI=1S/C20H28N2O5S/c1-3-27-19(24)13-8-10-22(11-9-13)12-16(23)21-18-17(20(25)26-2)14-6-4-5-7-15(14)28-18/h13H,3-12H2,1-2H3,(H,21,23). The van der Waals surface area contributed by atoms with E-state index in [-0.39, 0.29) is 30.3 Å². The zero-order valence-electron chi connectivity index (χ0n) is 16.5. The molecule has 0 aromatic carbocycles. The quantitative estimate of drug-likeness (QED) is 0.729. The average molecular weight is 409 g/mol. The van der Waals surface area contributed by atoms with Crippen molar-refractivity contribution in [2.45, 2.75) is 45.4 Å². The van der Waals surface area contributed by atoms with Gasteiger partial charge in [-0.15, -0.1) is 11.3 Å². The molecule has 1 aromatic heterocycles. The second-order valence-electron chi connectivity index (χ2n) is 7.26. The van der Waals surface area contributed by atoms with Gasteiger partial charge in [0.1, 0.15) is 5.00 Å². The number of piperidine rings is 1. The summed E-state index contributed by atoms with van der Waals surface area (Å²) in [5, 5.41) is 3.53. The first-order valence-electron chi connectivity index (χ1n) is 9.95. The lowest BCUT2D eigenvalue weighted by molar-refractivity contribution is -0.149. The number of ether oxygens (including phenoxy) is 2. The zero-order valence-corrected chi connectivity index (χ0v) is 17.4. The number of esters is 2. The van der Waals surface area contributed by atoms with Gasteiger partial charge in [0, 0.05) is 4.88 Å². The summed E-state index contributed by atoms with van der Waals surface area (Å²) < 4.78 is 10.0. The first kappa shape index (κ1) is 20.8. The number of likely N-dealkylation sites (tertiary alicyclic amines) is 1. The molecule has 0 radical (unpaired) electrons. The van der Waals surface area contributed by atoms with Crippen LogP contribution in [0.2, 0.25) is 0 Å². The number of rotatable bonds is 6. The van der Waals surface area contributed by atoms with Gasteiger partial charge in [-0.1, -0.05) is 0 Å². The van der Waals surface area contributed by atoms with E-state index < -0.39 is 0 Å². The van der Waals surface area contributed by atoms with E-state index in [1.54, 1.807) is 0 Å². The second kappa shape index (κ2) is 9.52. The van der Waals surface area contributed by atoms with Crippen LogP contribution >= 0.6 is 11.3 Å². The van der Waals surface area contributed by atoms with E-state index in [0.29, 0.717) is 43.1 Å². The largest absolute Gasteiger partial charge is 0.466 e. The minimum absolute atomic E-state index is 0.0748. The molecular formula is C20H28N2O5S. The van der Waals surface area contributed by atoms with Gasteiger partial charge in [-0.05, 0) is 64.1 Å². The summed E-state index contributed by atoms with van der Waals surface area (Å²) in [6, 6.07) is 0. The van der Waals surface area contributed by atoms with E-state index in [9.17, 15) is 14.4 Å². The SMILES string of the molecule is CCOC(=O)C1CCN(CC(=O)Nc2sc3c(c2C(=O)OC)CCCC3)CC1. The van der Waals surface area contributed by atoms with Gasteiger partial charge in [0.05, 0.1) is 31.7 Å². The number of nitrogens with one attached hydrogen (secondary N) is 1. The molecule has 7 nitrogen and oxygen atoms in total. The lowest BCUT2D eigenvalue weighted by Gasteiger charge is -2.30. The van der Waals surface area contributed by atoms with Gasteiger partial charge >= 0.3 is 11.9 Å². The smallest absolute Gasteiger partial charge is 0.341 e. The lowest BCUT2D eigenvalue weighted by atomic mass is 9.95. The molecule has 0 atom stereocenters. The summed E-state index contributed by atoms with van der Waals surface area (Å²) in [7, 11) is 1.37. The summed E-state index contributed by atoms with van der Waals surface area (Å²) in [5.41, 5.74) is 1.56. The van der Waals surface area contributed by atoms with Gasteiger partial charge in [0.2, 0.25) is 5.91 Å². The van der Waals surface area contributed by atoms with Gasteiger partial charge in [-0.2, -0.15) is 0 Å². The molecule has 0 spiro atoms. The fraction of sp³-hybridized carbons (Fsp3) is 0.650. The molecule has 8 heteroatoms. The van der Waals surface area contributed by atoms with Crippen LogP contribution in [-0.4, -0.2) is 56.1 Å². The summed E-state index contributed by atoms with van der Waals surface area (Å²) in [5.74, 6) is -0.740. The molecule has 2 aliphatic rings. The highest BCUT2D eigenvalue weighted by Crippen LogP contribution is 2.38. The fourth-order valence-electron chi connectivity index (χ4n) is 3.93. The van der Waals surface area contributed by atoms with Crippen molar-refractivity contribution < 1.29 is 23.9 Å². The van der Waals surface area contributed by atoms with Gasteiger partial charge in [0.15, 0.2) is 0 Å². The molecule has 1 aliphatic heterocycles. The predicted molar refractivity (Wildman–Crippen MR) is 107 cm³/mol. The van der Waals surface area contributed by atoms with Crippen LogP contribution in [0.25, 0.3) is 0 Å². The van der Waals surface area contributed by atoms with Crippen molar-refractivity contribution in [3.8, 4) is 0 Å². The number of nitrogens with zero attached hydrogens (tertiary/aromatic N) is 1. The van der Waals surface area contributed by atoms with Crippen LogP contribution in [0, 0.1) is 5.92 Å². The first-order chi connectivity index (χ1) is 13.5. The molecule has 0 saturated carbocycles. The molecule has 1 fully saturated rings. The molecule has 1 aromatic rings. The van der Waals surface area contributed by atoms with Crippen molar-refractivity contribution in [2.75, 3.05) is 38.7 Å². The third-order valence-electron chi connectivity index (χ3n) is 5.39. The van der Waals surface area contributed by atoms with E-state index in [0.717, 1.165) is 31.2 Å². The number of amides is 1. The minimum Gasteiger partial charge on any atom is -0.466 e. The lowest BCUT2D eigenvalue weighted by Crippen LogP contribution is -2.41. The highest BCUT2D eigenvalue weighted by atomic mass is 32.1. The Morgan fingerprint density at radius 3 is 2.57 bits per heavy atom. The number of fused-ring (bicyclic) bond motifs is 1. The molecule has 1 amide bonds. The highest BCUT2D eigenvalue weighted by molar-refractivity contribution is 7.17. The van der Waals surface area contributed by atoms with Crippen molar-refractivity contribution in [2.24, 2.45) is 5.92 Å². The summed E-state index contributed by atoms with van der Waals surface area (Å²) in [4.78, 5) is 39.9. The van der Waals surface area contributed by atoms with Crippen LogP contribution in [-0.2, 0) is 31.9 Å². The molecule has 1 N–H and O–H groups in total. The van der Waals surface area contributed by atoms with E-state index in [1.807, 2.05) is 11.8 Å². The number of anilines is 1. The number of methoxy groups -OCH3 is 1. The van der Waals surface area contributed by atoms with Crippen LogP contribution in [0.4, 0.5) is 5.00 Å². The number of hydrogen-bond acceptors (Lipinski definition) is 7. The van der Waals surface area contributed by atoms with E-state index >= 15 is 0 Å². The number of aryl methyl sites for hydroxylation is 1. The van der Waals surface area contributed by atoms with Crippen LogP contribution in [0.5, 0.6) is 0 Å². The molecular weight excluding hydrogens is 380 g/mol. The third-order valence-corrected chi connectivity index (χ3v) is 6.60. The fourth-order valence-corrected chi connectivity index (χ4v) is 5.22. The van der Waals surface area contributed by atoms with Crippen LogP contribution in [0.1, 0.15) is 53.4 Å². The van der Waals surface area contributed by atoms with E-state index in [2.05, 4.69) is 5.32 Å². The van der Waals surface area contributed by atoms with Crippen molar-refractivity contribution in [3.05, 3.63) is 16.0 Å². The first-order valence-corrected chi connectivity index (χ1v) is 10.8. The Kier molecular flexibility index (Phi) is 7.07. The maximum Gasteiger partial charge on any atom is 0.341 e. The second-order valence-corrected chi connectivity index (χ2v) is 8.36. The number of thiophene rings is 1. The minimum atomic E-state index is -0.384. The molecule has 2 heterocycles. The Balaban J connectivity index is 1.59. The topological polar surface area (TPSA) is 84.9 Å². The Morgan fingerprint density at radius 1 is 1.18 bits per heavy atom. The monoisotopic (exact) mass is 408 g/mol. The van der Waals surface area contributed by atoms with E-state index in [4.69, 9.17) is 9.47 Å². The maximum atomic E-state index is 12.6. The molecule has 3 rings (SSSR count). The number of carbonyl (C=O) groups excluding carboxylic acids is 3. The third kappa shape index (κ3) is 4.72. The number of carbonyl (C=O) groups is 3. The van der Waals surface area contributed by atoms with Gasteiger partial charge in [-0.25, -0.2) is 4.79 Å². The summed E-state index contributed by atoms with van der Waals surface area (Å²) in [6.07, 6.45) is 5.36. The average Bonchev–Trinajstić information content (AvgIpc) is 3.05.